The molecule has 2 fully saturated rings. The van der Waals surface area contributed by atoms with E-state index in [9.17, 15) is 13.6 Å². The highest BCUT2D eigenvalue weighted by atomic mass is 19.3. The Kier molecular flexibility index (Phi) is 5.86. The van der Waals surface area contributed by atoms with Gasteiger partial charge in [0, 0.05) is 29.3 Å². The maximum atomic E-state index is 13.3. The second kappa shape index (κ2) is 8.75. The van der Waals surface area contributed by atoms with Crippen LogP contribution in [0.25, 0.3) is 0 Å². The van der Waals surface area contributed by atoms with Crippen LogP contribution in [-0.4, -0.2) is 57.1 Å². The van der Waals surface area contributed by atoms with Crippen molar-refractivity contribution in [3.8, 4) is 23.0 Å². The number of carbonyl (C=O) groups excluding carboxylic acids is 1. The van der Waals surface area contributed by atoms with Crippen LogP contribution < -0.4 is 29.6 Å². The number of carbonyl (C=O) groups is 1. The highest BCUT2D eigenvalue weighted by molar-refractivity contribution is 5.90. The van der Waals surface area contributed by atoms with Crippen molar-refractivity contribution >= 4 is 11.7 Å². The van der Waals surface area contributed by atoms with E-state index in [-0.39, 0.29) is 35.0 Å². The summed E-state index contributed by atoms with van der Waals surface area (Å²) in [7, 11) is 5.39. The molecule has 0 aromatic heterocycles. The minimum absolute atomic E-state index is 0.0211. The number of nitrogens with zero attached hydrogens (tertiary/aromatic N) is 1. The van der Waals surface area contributed by atoms with Gasteiger partial charge in [-0.15, -0.1) is 8.78 Å². The van der Waals surface area contributed by atoms with Gasteiger partial charge < -0.3 is 34.5 Å². The lowest BCUT2D eigenvalue weighted by Crippen LogP contribution is -2.52. The zero-order valence-electron chi connectivity index (χ0n) is 19.9. The predicted octanol–water partition coefficient (Wildman–Crippen LogP) is 4.34. The minimum atomic E-state index is -3.70. The van der Waals surface area contributed by atoms with Crippen LogP contribution in [0.15, 0.2) is 36.4 Å². The molecule has 1 aliphatic carbocycles. The molecule has 3 atom stereocenters. The first kappa shape index (κ1) is 23.5. The van der Waals surface area contributed by atoms with E-state index >= 15 is 0 Å². The number of methoxy groups -OCH3 is 2. The van der Waals surface area contributed by atoms with E-state index in [2.05, 4.69) is 44.2 Å². The van der Waals surface area contributed by atoms with Gasteiger partial charge in [0.15, 0.2) is 23.0 Å². The zero-order valence-corrected chi connectivity index (χ0v) is 19.9. The molecule has 2 amide bonds. The Morgan fingerprint density at radius 3 is 2.60 bits per heavy atom. The number of likely N-dealkylation sites (N-methyl/N-ethyl adjacent to an activating group) is 1. The molecule has 188 valence electrons. The molecule has 3 unspecified atom stereocenters. The number of nitrogens with one attached hydrogen (secondary N) is 2. The van der Waals surface area contributed by atoms with Gasteiger partial charge in [0.25, 0.3) is 0 Å². The van der Waals surface area contributed by atoms with Gasteiger partial charge in [0.1, 0.15) is 0 Å². The fourth-order valence-corrected chi connectivity index (χ4v) is 5.77. The maximum absolute atomic E-state index is 13.3. The summed E-state index contributed by atoms with van der Waals surface area (Å²) in [5.41, 5.74) is 1.55. The lowest BCUT2D eigenvalue weighted by molar-refractivity contribution is -0.286. The minimum Gasteiger partial charge on any atom is -0.493 e. The van der Waals surface area contributed by atoms with Gasteiger partial charge in [-0.05, 0) is 69.1 Å². The summed E-state index contributed by atoms with van der Waals surface area (Å²) in [6.45, 7) is 0.972. The Hall–Kier alpha value is -3.27. The van der Waals surface area contributed by atoms with Crippen LogP contribution in [0.1, 0.15) is 31.2 Å². The zero-order chi connectivity index (χ0) is 24.8. The second-order valence-corrected chi connectivity index (χ2v) is 9.37. The molecule has 2 aromatic carbocycles. The summed E-state index contributed by atoms with van der Waals surface area (Å²) in [5.74, 6) is 1.24. The first-order valence-corrected chi connectivity index (χ1v) is 11.6. The number of halogens is 2. The van der Waals surface area contributed by atoms with Gasteiger partial charge in [-0.1, -0.05) is 6.07 Å². The number of urea groups is 1. The number of rotatable bonds is 5. The molecular weight excluding hydrogens is 460 g/mol. The number of hydrogen-bond acceptors (Lipinski definition) is 6. The Balaban J connectivity index is 1.26. The molecule has 35 heavy (non-hydrogen) atoms. The molecule has 5 rings (SSSR count). The van der Waals surface area contributed by atoms with E-state index < -0.39 is 6.29 Å². The van der Waals surface area contributed by atoms with E-state index in [1.165, 1.54) is 23.8 Å². The molecule has 0 bridgehead atoms. The highest BCUT2D eigenvalue weighted by Crippen LogP contribution is 2.50. The average Bonchev–Trinajstić information content (AvgIpc) is 3.33. The fraction of sp³-hybridized carbons (Fsp3) is 0.480. The van der Waals surface area contributed by atoms with E-state index in [4.69, 9.17) is 9.47 Å². The monoisotopic (exact) mass is 489 g/mol. The van der Waals surface area contributed by atoms with Crippen LogP contribution in [0, 0.1) is 0 Å². The molecule has 1 saturated carbocycles. The van der Waals surface area contributed by atoms with Crippen LogP contribution in [0.4, 0.5) is 19.3 Å². The standard InChI is InChI=1S/C25H29F2N3O5/c1-30-11-10-24(15-4-6-18(32-2)20(12-15)33-3)9-8-17(14-22(24)30)29-23(31)28-16-5-7-19-21(13-16)35-25(26,27)34-19/h4-7,12-13,17,22H,8-11,14H2,1-3H3,(H2,28,29,31). The van der Waals surface area contributed by atoms with Crippen molar-refractivity contribution in [1.82, 2.24) is 10.2 Å². The lowest BCUT2D eigenvalue weighted by Gasteiger charge is -2.45. The number of amides is 2. The average molecular weight is 490 g/mol. The van der Waals surface area contributed by atoms with Crippen LogP contribution >= 0.6 is 0 Å². The maximum Gasteiger partial charge on any atom is 0.586 e. The van der Waals surface area contributed by atoms with Crippen molar-refractivity contribution < 1.29 is 32.5 Å². The van der Waals surface area contributed by atoms with Gasteiger partial charge in [0.05, 0.1) is 14.2 Å². The number of benzene rings is 2. The van der Waals surface area contributed by atoms with E-state index in [1.807, 2.05) is 6.07 Å². The van der Waals surface area contributed by atoms with E-state index in [1.54, 1.807) is 14.2 Å². The first-order chi connectivity index (χ1) is 16.7. The third-order valence-corrected chi connectivity index (χ3v) is 7.48. The van der Waals surface area contributed by atoms with Crippen molar-refractivity contribution in [3.05, 3.63) is 42.0 Å². The third-order valence-electron chi connectivity index (χ3n) is 7.48. The molecule has 2 aliphatic heterocycles. The van der Waals surface area contributed by atoms with Gasteiger partial charge in [-0.3, -0.25) is 0 Å². The Morgan fingerprint density at radius 1 is 1.06 bits per heavy atom. The molecule has 3 aliphatic rings. The van der Waals surface area contributed by atoms with Gasteiger partial charge in [0.2, 0.25) is 0 Å². The quantitative estimate of drug-likeness (QED) is 0.651. The topological polar surface area (TPSA) is 81.3 Å². The summed E-state index contributed by atoms with van der Waals surface area (Å²) < 4.78 is 46.3. The number of anilines is 1. The van der Waals surface area contributed by atoms with Crippen molar-refractivity contribution in [1.29, 1.82) is 0 Å². The molecule has 0 spiro atoms. The SMILES string of the molecule is COc1ccc(C23CCC(NC(=O)Nc4ccc5c(c4)OC(F)(F)O5)CC2N(C)CC3)cc1OC. The Morgan fingerprint density at radius 2 is 1.83 bits per heavy atom. The normalized spacial score (nSPS) is 26.7. The van der Waals surface area contributed by atoms with E-state index in [0.29, 0.717) is 17.2 Å². The van der Waals surface area contributed by atoms with Crippen molar-refractivity contribution in [2.24, 2.45) is 0 Å². The van der Waals surface area contributed by atoms with Gasteiger partial charge in [-0.25, -0.2) is 4.79 Å². The molecule has 0 radical (unpaired) electrons. The summed E-state index contributed by atoms with van der Waals surface area (Å²) in [4.78, 5) is 15.1. The van der Waals surface area contributed by atoms with Crippen molar-refractivity contribution in [3.63, 3.8) is 0 Å². The largest absolute Gasteiger partial charge is 0.586 e. The molecule has 2 N–H and O–H groups in total. The number of alkyl halides is 2. The summed E-state index contributed by atoms with van der Waals surface area (Å²) in [6, 6.07) is 10.2. The molecule has 2 aromatic rings. The highest BCUT2D eigenvalue weighted by Gasteiger charge is 2.50. The summed E-state index contributed by atoms with van der Waals surface area (Å²) >= 11 is 0. The van der Waals surface area contributed by atoms with Crippen LogP contribution in [0.5, 0.6) is 23.0 Å². The van der Waals surface area contributed by atoms with Crippen LogP contribution in [0.3, 0.4) is 0 Å². The number of ether oxygens (including phenoxy) is 4. The molecule has 10 heteroatoms. The molecule has 1 saturated heterocycles. The van der Waals surface area contributed by atoms with Gasteiger partial charge in [-0.2, -0.15) is 0 Å². The number of fused-ring (bicyclic) bond motifs is 2. The summed E-state index contributed by atoms with van der Waals surface area (Å²) in [5, 5.41) is 5.76. The summed E-state index contributed by atoms with van der Waals surface area (Å²) in [6.07, 6.45) is -0.129. The van der Waals surface area contributed by atoms with Crippen molar-refractivity contribution in [2.45, 2.75) is 49.5 Å². The van der Waals surface area contributed by atoms with E-state index in [0.717, 1.165) is 32.2 Å². The van der Waals surface area contributed by atoms with Crippen molar-refractivity contribution in [2.75, 3.05) is 33.1 Å². The predicted molar refractivity (Wildman–Crippen MR) is 125 cm³/mol. The van der Waals surface area contributed by atoms with Crippen LogP contribution in [-0.2, 0) is 5.41 Å². The third kappa shape index (κ3) is 4.31. The van der Waals surface area contributed by atoms with Gasteiger partial charge >= 0.3 is 12.3 Å². The molecule has 2 heterocycles. The molecular formula is C25H29F2N3O5. The fourth-order valence-electron chi connectivity index (χ4n) is 5.77. The van der Waals surface area contributed by atoms with Crippen LogP contribution in [0.2, 0.25) is 0 Å². The lowest BCUT2D eigenvalue weighted by atomic mass is 9.65. The number of hydrogen-bond donors (Lipinski definition) is 2. The first-order valence-electron chi connectivity index (χ1n) is 11.6. The molecule has 8 nitrogen and oxygen atoms in total. The number of likely N-dealkylation sites (tertiary alicyclic amines) is 1. The second-order valence-electron chi connectivity index (χ2n) is 9.37. The Bertz CT molecular complexity index is 1130. The smallest absolute Gasteiger partial charge is 0.493 e. The Labute approximate surface area is 202 Å².